The van der Waals surface area contributed by atoms with Crippen LogP contribution in [0.5, 0.6) is 0 Å². The van der Waals surface area contributed by atoms with E-state index < -0.39 is 125 Å². The lowest BCUT2D eigenvalue weighted by Gasteiger charge is -2.32. The van der Waals surface area contributed by atoms with Crippen molar-refractivity contribution in [3.8, 4) is 0 Å². The van der Waals surface area contributed by atoms with Gasteiger partial charge in [-0.15, -0.1) is 0 Å². The van der Waals surface area contributed by atoms with Gasteiger partial charge in [0.15, 0.2) is 29.1 Å². The SMILES string of the molecule is CC(=O)C(C)(C)CC(=O)[C@H](CCCCN)NC(=O)[C@H](CC(N)=O)CC(=O)C(C)(C)NC(=O)[C@@H](CC(=O)[C@H](Cc1ccncc1)NC(=O)[C@H](CCCN=C(N)N)CC(=O)[C@H]1CCCN1C(=O)[C@H](CO)CC(=O)CC1CCOCC1)CC1CCCCC1. The molecule has 0 radical (unpaired) electrons. The number of rotatable bonds is 39. The van der Waals surface area contributed by atoms with Crippen molar-refractivity contribution < 1.29 is 62.6 Å². The molecule has 1 saturated carbocycles. The quantitative estimate of drug-likeness (QED) is 0.0266. The monoisotopic (exact) mass is 1190 g/mol. The third-order valence-electron chi connectivity index (χ3n) is 17.3. The second-order valence-electron chi connectivity index (χ2n) is 25.2. The number of aliphatic hydroxyl groups is 1. The molecule has 3 aliphatic rings. The van der Waals surface area contributed by atoms with Gasteiger partial charge in [-0.3, -0.25) is 62.7 Å². The van der Waals surface area contributed by atoms with Crippen molar-refractivity contribution in [2.45, 2.75) is 206 Å². The predicted molar refractivity (Wildman–Crippen MR) is 318 cm³/mol. The number of ether oxygens (including phenoxy) is 1. The van der Waals surface area contributed by atoms with E-state index >= 15 is 0 Å². The fourth-order valence-corrected chi connectivity index (χ4v) is 11.7. The molecule has 3 fully saturated rings. The molecule has 474 valence electrons. The molecule has 4 rings (SSSR count). The highest BCUT2D eigenvalue weighted by atomic mass is 16.5. The van der Waals surface area contributed by atoms with E-state index in [4.69, 9.17) is 27.7 Å². The minimum atomic E-state index is -1.66. The molecule has 23 heteroatoms. The normalized spacial score (nSPS) is 18.2. The van der Waals surface area contributed by atoms with Crippen molar-refractivity contribution >= 4 is 70.2 Å². The number of carbonyl (C=O) groups excluding carboxylic acids is 11. The highest BCUT2D eigenvalue weighted by Crippen LogP contribution is 2.33. The maximum atomic E-state index is 15.0. The smallest absolute Gasteiger partial charge is 0.229 e. The summed E-state index contributed by atoms with van der Waals surface area (Å²) < 4.78 is 5.42. The van der Waals surface area contributed by atoms with Crippen molar-refractivity contribution in [1.82, 2.24) is 25.8 Å². The molecule has 3 heterocycles. The van der Waals surface area contributed by atoms with E-state index in [-0.39, 0.29) is 107 Å². The van der Waals surface area contributed by atoms with Crippen molar-refractivity contribution in [1.29, 1.82) is 0 Å². The minimum absolute atomic E-state index is 0.0124. The predicted octanol–water partition coefficient (Wildman–Crippen LogP) is 3.19. The first-order valence-corrected chi connectivity index (χ1v) is 30.7. The summed E-state index contributed by atoms with van der Waals surface area (Å²) in [7, 11) is 0. The van der Waals surface area contributed by atoms with Crippen LogP contribution in [0.25, 0.3) is 0 Å². The van der Waals surface area contributed by atoms with E-state index in [9.17, 15) is 57.8 Å². The fourth-order valence-electron chi connectivity index (χ4n) is 11.7. The Labute approximate surface area is 501 Å². The average Bonchev–Trinajstić information content (AvgIpc) is 3.62. The number of hydrogen-bond donors (Lipinski definition) is 8. The van der Waals surface area contributed by atoms with Crippen molar-refractivity contribution in [3.63, 3.8) is 0 Å². The van der Waals surface area contributed by atoms with Crippen LogP contribution in [-0.2, 0) is 63.9 Å². The van der Waals surface area contributed by atoms with Gasteiger partial charge >= 0.3 is 0 Å². The number of nitrogens with two attached hydrogens (primary N) is 4. The Morgan fingerprint density at radius 2 is 1.38 bits per heavy atom. The molecule has 12 N–H and O–H groups in total. The Kier molecular flexibility index (Phi) is 29.6. The highest BCUT2D eigenvalue weighted by Gasteiger charge is 2.42. The summed E-state index contributed by atoms with van der Waals surface area (Å²) in [6, 6.07) is 0.186. The van der Waals surface area contributed by atoms with E-state index in [1.165, 1.54) is 38.1 Å². The summed E-state index contributed by atoms with van der Waals surface area (Å²) in [5, 5.41) is 18.8. The van der Waals surface area contributed by atoms with Crippen LogP contribution in [-0.4, -0.2) is 148 Å². The molecule has 85 heavy (non-hydrogen) atoms. The second-order valence-corrected chi connectivity index (χ2v) is 25.2. The minimum Gasteiger partial charge on any atom is -0.396 e. The van der Waals surface area contributed by atoms with E-state index in [1.54, 1.807) is 26.0 Å². The molecule has 2 saturated heterocycles. The Morgan fingerprint density at radius 1 is 0.718 bits per heavy atom. The summed E-state index contributed by atoms with van der Waals surface area (Å²) in [5.41, 5.74) is 20.5. The number of nitrogens with one attached hydrogen (secondary N) is 3. The number of primary amides is 1. The summed E-state index contributed by atoms with van der Waals surface area (Å²) >= 11 is 0. The Balaban J connectivity index is 1.58. The van der Waals surface area contributed by atoms with Crippen LogP contribution < -0.4 is 38.9 Å². The third-order valence-corrected chi connectivity index (χ3v) is 17.3. The zero-order valence-electron chi connectivity index (χ0n) is 51.0. The number of nitrogens with zero attached hydrogens (tertiary/aromatic N) is 3. The van der Waals surface area contributed by atoms with Crippen LogP contribution in [0.3, 0.4) is 0 Å². The second kappa shape index (κ2) is 35.3. The first-order valence-electron chi connectivity index (χ1n) is 30.7. The van der Waals surface area contributed by atoms with Gasteiger partial charge in [-0.2, -0.15) is 0 Å². The molecular formula is C62H98N10O13. The van der Waals surface area contributed by atoms with Gasteiger partial charge in [-0.1, -0.05) is 46.0 Å². The first-order chi connectivity index (χ1) is 40.2. The van der Waals surface area contributed by atoms with E-state index in [2.05, 4.69) is 25.9 Å². The van der Waals surface area contributed by atoms with Gasteiger partial charge in [0, 0.05) is 101 Å². The average molecular weight is 1190 g/mol. The van der Waals surface area contributed by atoms with Gasteiger partial charge in [0.25, 0.3) is 0 Å². The van der Waals surface area contributed by atoms with Crippen LogP contribution >= 0.6 is 0 Å². The Morgan fingerprint density at radius 3 is 2.00 bits per heavy atom. The molecule has 23 nitrogen and oxygen atoms in total. The summed E-state index contributed by atoms with van der Waals surface area (Å²) in [6.45, 7) is 8.78. The van der Waals surface area contributed by atoms with Crippen molar-refractivity contribution in [2.75, 3.05) is 39.5 Å². The molecule has 1 aromatic heterocycles. The molecule has 1 aromatic rings. The number of likely N-dealkylation sites (tertiary alicyclic amines) is 1. The Bertz CT molecular complexity index is 2470. The molecule has 0 spiro atoms. The number of aliphatic imine (C=N–C) groups is 1. The van der Waals surface area contributed by atoms with E-state index in [0.29, 0.717) is 51.0 Å². The number of aromatic nitrogens is 1. The number of pyridine rings is 1. The van der Waals surface area contributed by atoms with Crippen LogP contribution in [0.1, 0.15) is 181 Å². The molecule has 7 atom stereocenters. The van der Waals surface area contributed by atoms with Crippen molar-refractivity contribution in [3.05, 3.63) is 30.1 Å². The van der Waals surface area contributed by atoms with Crippen LogP contribution in [0.4, 0.5) is 0 Å². The van der Waals surface area contributed by atoms with Gasteiger partial charge in [0.05, 0.1) is 42.1 Å². The summed E-state index contributed by atoms with van der Waals surface area (Å²) in [6.07, 6.45) is 9.80. The maximum absolute atomic E-state index is 15.0. The zero-order valence-corrected chi connectivity index (χ0v) is 51.0. The van der Waals surface area contributed by atoms with Gasteiger partial charge < -0.3 is 53.6 Å². The number of guanidine groups is 1. The summed E-state index contributed by atoms with van der Waals surface area (Å²) in [5.74, 6) is -10.1. The molecule has 0 aromatic carbocycles. The van der Waals surface area contributed by atoms with Crippen LogP contribution in [0.2, 0.25) is 0 Å². The number of aliphatic hydroxyl groups excluding tert-OH is 1. The zero-order chi connectivity index (χ0) is 62.9. The van der Waals surface area contributed by atoms with Gasteiger partial charge in [-0.05, 0) is 127 Å². The third kappa shape index (κ3) is 24.2. The van der Waals surface area contributed by atoms with Gasteiger partial charge in [0.1, 0.15) is 11.6 Å². The van der Waals surface area contributed by atoms with Crippen LogP contribution in [0.15, 0.2) is 29.5 Å². The van der Waals surface area contributed by atoms with Gasteiger partial charge in [0.2, 0.25) is 29.5 Å². The summed E-state index contributed by atoms with van der Waals surface area (Å²) in [4.78, 5) is 162. The maximum Gasteiger partial charge on any atom is 0.229 e. The number of carbonyl (C=O) groups is 11. The molecule has 0 unspecified atom stereocenters. The molecular weight excluding hydrogens is 1090 g/mol. The largest absolute Gasteiger partial charge is 0.396 e. The standard InChI is InChI=1S/C62H98N10O13/c1-39(74)61(2,3)37-53(78)48(16-9-10-22-63)69-57(82)45(36-55(64)80)35-54(79)62(4,5)71-58(83)44(29-40-13-7-6-8-14-40)34-51(76)49(31-41-18-24-67-25-19-41)70-56(81)43(15-11-23-68-60(65)66)33-52(77)50-17-12-26-72(50)59(84)46(38-73)32-47(75)30-42-20-27-85-28-21-42/h18-19,24-25,40,42-46,48-50,73H,6-17,20-23,26-38,63H2,1-5H3,(H2,64,80)(H,69,82)(H,70,81)(H,71,83)(H4,65,66,68)/t43-,44-,45+,46+,48+,49+,50-/m1/s1. The molecule has 2 aliphatic heterocycles. The van der Waals surface area contributed by atoms with Crippen molar-refractivity contribution in [2.24, 2.45) is 68.8 Å². The van der Waals surface area contributed by atoms with E-state index in [0.717, 1.165) is 44.9 Å². The molecule has 5 amide bonds. The highest BCUT2D eigenvalue weighted by molar-refractivity contribution is 6.00. The number of ketones is 6. The van der Waals surface area contributed by atoms with E-state index in [1.807, 2.05) is 0 Å². The lowest BCUT2D eigenvalue weighted by Crippen LogP contribution is -2.54. The number of amides is 5. The lowest BCUT2D eigenvalue weighted by atomic mass is 9.79. The molecule has 1 aliphatic carbocycles. The van der Waals surface area contributed by atoms with Crippen LogP contribution in [0, 0.1) is 40.9 Å². The molecule has 0 bridgehead atoms. The number of hydrogen-bond acceptors (Lipinski definition) is 16. The first kappa shape index (κ1) is 71.2. The number of unbranched alkanes of at least 4 members (excludes halogenated alkanes) is 1. The lowest BCUT2D eigenvalue weighted by molar-refractivity contribution is -0.144. The Hall–Kier alpha value is -6.33. The van der Waals surface area contributed by atoms with Gasteiger partial charge in [-0.25, -0.2) is 0 Å². The fraction of sp³-hybridized carbons (Fsp3) is 0.726. The number of Topliss-reactive ketones (excluding diaryl/α,β-unsaturated/α-hetero) is 6. The topological polar surface area (TPSA) is 386 Å².